The highest BCUT2D eigenvalue weighted by Gasteiger charge is 2.40. The van der Waals surface area contributed by atoms with Gasteiger partial charge in [0, 0.05) is 11.0 Å². The van der Waals surface area contributed by atoms with Gasteiger partial charge in [0.25, 0.3) is 0 Å². The van der Waals surface area contributed by atoms with E-state index in [1.807, 2.05) is 31.2 Å². The van der Waals surface area contributed by atoms with E-state index in [-0.39, 0.29) is 12.8 Å². The number of cyclic esters (lactones) is 2. The molecule has 0 spiro atoms. The number of hydrogen-bond donors (Lipinski definition) is 0. The summed E-state index contributed by atoms with van der Waals surface area (Å²) in [7, 11) is 1.57. The first kappa shape index (κ1) is 11.6. The van der Waals surface area contributed by atoms with Crippen LogP contribution >= 0.6 is 0 Å². The van der Waals surface area contributed by atoms with Crippen LogP contribution in [0.2, 0.25) is 0 Å². The molecule has 0 radical (unpaired) electrons. The maximum absolute atomic E-state index is 11.4. The summed E-state index contributed by atoms with van der Waals surface area (Å²) in [5.41, 5.74) is 0.325. The standard InChI is InChI=1S/C13H14O4/c1-13(7-11(14)17-12(15)8-13)9-5-3-4-6-10(9)16-2/h3-6H,7-8H2,1-2H3. The molecule has 4 heteroatoms. The lowest BCUT2D eigenvalue weighted by atomic mass is 9.75. The molecule has 0 saturated carbocycles. The molecular weight excluding hydrogens is 220 g/mol. The van der Waals surface area contributed by atoms with Crippen LogP contribution < -0.4 is 4.74 Å². The fraction of sp³-hybridized carbons (Fsp3) is 0.385. The van der Waals surface area contributed by atoms with Crippen molar-refractivity contribution >= 4 is 11.9 Å². The van der Waals surface area contributed by atoms with Crippen molar-refractivity contribution in [1.82, 2.24) is 0 Å². The molecule has 4 nitrogen and oxygen atoms in total. The van der Waals surface area contributed by atoms with Crippen LogP contribution in [0.15, 0.2) is 24.3 Å². The summed E-state index contributed by atoms with van der Waals surface area (Å²) in [6.45, 7) is 1.88. The highest BCUT2D eigenvalue weighted by molar-refractivity contribution is 5.90. The molecule has 2 rings (SSSR count). The van der Waals surface area contributed by atoms with Gasteiger partial charge < -0.3 is 9.47 Å². The predicted octanol–water partition coefficient (Wildman–Crippen LogP) is 1.82. The first-order valence-corrected chi connectivity index (χ1v) is 5.42. The molecule has 90 valence electrons. The van der Waals surface area contributed by atoms with Crippen molar-refractivity contribution in [3.63, 3.8) is 0 Å². The van der Waals surface area contributed by atoms with Crippen LogP contribution in [0.25, 0.3) is 0 Å². The van der Waals surface area contributed by atoms with E-state index in [1.54, 1.807) is 7.11 Å². The lowest BCUT2D eigenvalue weighted by Crippen LogP contribution is -2.37. The zero-order chi connectivity index (χ0) is 12.5. The molecule has 1 aliphatic rings. The number of esters is 2. The quantitative estimate of drug-likeness (QED) is 0.578. The fourth-order valence-corrected chi connectivity index (χ4v) is 2.23. The summed E-state index contributed by atoms with van der Waals surface area (Å²) in [6, 6.07) is 7.43. The van der Waals surface area contributed by atoms with Gasteiger partial charge in [-0.3, -0.25) is 9.59 Å². The Bertz CT molecular complexity index is 448. The van der Waals surface area contributed by atoms with Gasteiger partial charge >= 0.3 is 11.9 Å². The molecule has 0 unspecified atom stereocenters. The third-order valence-electron chi connectivity index (χ3n) is 3.05. The normalized spacial score (nSPS) is 18.7. The summed E-state index contributed by atoms with van der Waals surface area (Å²) >= 11 is 0. The predicted molar refractivity (Wildman–Crippen MR) is 60.7 cm³/mol. The summed E-state index contributed by atoms with van der Waals surface area (Å²) in [5.74, 6) is -0.262. The van der Waals surface area contributed by atoms with E-state index >= 15 is 0 Å². The zero-order valence-corrected chi connectivity index (χ0v) is 9.86. The molecule has 1 aromatic rings. The van der Waals surface area contributed by atoms with Crippen LogP contribution in [0.1, 0.15) is 25.3 Å². The van der Waals surface area contributed by atoms with E-state index in [0.29, 0.717) is 5.75 Å². The van der Waals surface area contributed by atoms with Gasteiger partial charge in [-0.15, -0.1) is 0 Å². The van der Waals surface area contributed by atoms with Crippen molar-refractivity contribution in [2.75, 3.05) is 7.11 Å². The van der Waals surface area contributed by atoms with Gasteiger partial charge in [-0.1, -0.05) is 25.1 Å². The van der Waals surface area contributed by atoms with Gasteiger partial charge in [0.2, 0.25) is 0 Å². The minimum Gasteiger partial charge on any atom is -0.496 e. The Morgan fingerprint density at radius 1 is 1.18 bits per heavy atom. The van der Waals surface area contributed by atoms with Gasteiger partial charge in [-0.25, -0.2) is 0 Å². The topological polar surface area (TPSA) is 52.6 Å². The van der Waals surface area contributed by atoms with Crippen molar-refractivity contribution < 1.29 is 19.1 Å². The van der Waals surface area contributed by atoms with Crippen LogP contribution in [0.5, 0.6) is 5.75 Å². The average molecular weight is 234 g/mol. The van der Waals surface area contributed by atoms with Crippen LogP contribution in [-0.2, 0) is 19.7 Å². The second kappa shape index (κ2) is 4.20. The Labute approximate surface area is 99.5 Å². The molecule has 0 atom stereocenters. The van der Waals surface area contributed by atoms with E-state index in [1.165, 1.54) is 0 Å². The lowest BCUT2D eigenvalue weighted by Gasteiger charge is -2.32. The number of carbonyl (C=O) groups excluding carboxylic acids is 2. The summed E-state index contributed by atoms with van der Waals surface area (Å²) in [4.78, 5) is 22.8. The lowest BCUT2D eigenvalue weighted by molar-refractivity contribution is -0.166. The van der Waals surface area contributed by atoms with E-state index in [0.717, 1.165) is 5.56 Å². The maximum Gasteiger partial charge on any atom is 0.314 e. The van der Waals surface area contributed by atoms with Gasteiger partial charge in [-0.05, 0) is 6.07 Å². The van der Waals surface area contributed by atoms with E-state index < -0.39 is 17.4 Å². The summed E-state index contributed by atoms with van der Waals surface area (Å²) in [5, 5.41) is 0. The molecule has 1 fully saturated rings. The first-order valence-electron chi connectivity index (χ1n) is 5.42. The smallest absolute Gasteiger partial charge is 0.314 e. The molecule has 0 amide bonds. The van der Waals surface area contributed by atoms with E-state index in [2.05, 4.69) is 4.74 Å². The molecule has 1 heterocycles. The number of ether oxygens (including phenoxy) is 2. The fourth-order valence-electron chi connectivity index (χ4n) is 2.23. The van der Waals surface area contributed by atoms with E-state index in [4.69, 9.17) is 4.74 Å². The number of rotatable bonds is 2. The minimum absolute atomic E-state index is 0.194. The van der Waals surface area contributed by atoms with Gasteiger partial charge in [0.15, 0.2) is 0 Å². The molecular formula is C13H14O4. The third kappa shape index (κ3) is 2.16. The summed E-state index contributed by atoms with van der Waals surface area (Å²) < 4.78 is 9.83. The number of methoxy groups -OCH3 is 1. The Hall–Kier alpha value is -1.84. The van der Waals surface area contributed by atoms with E-state index in [9.17, 15) is 9.59 Å². The maximum atomic E-state index is 11.4. The zero-order valence-electron chi connectivity index (χ0n) is 9.86. The van der Waals surface area contributed by atoms with Crippen molar-refractivity contribution in [1.29, 1.82) is 0 Å². The van der Waals surface area contributed by atoms with Crippen LogP contribution in [0.4, 0.5) is 0 Å². The first-order chi connectivity index (χ1) is 8.05. The molecule has 1 aliphatic heterocycles. The van der Waals surface area contributed by atoms with Crippen molar-refractivity contribution in [3.8, 4) is 5.75 Å². The van der Waals surface area contributed by atoms with Crippen LogP contribution in [-0.4, -0.2) is 19.0 Å². The molecule has 0 aromatic heterocycles. The van der Waals surface area contributed by atoms with Crippen molar-refractivity contribution in [2.45, 2.75) is 25.2 Å². The van der Waals surface area contributed by atoms with Crippen LogP contribution in [0.3, 0.4) is 0 Å². The number of carbonyl (C=O) groups is 2. The minimum atomic E-state index is -0.543. The largest absolute Gasteiger partial charge is 0.496 e. The highest BCUT2D eigenvalue weighted by Crippen LogP contribution is 2.39. The van der Waals surface area contributed by atoms with Crippen molar-refractivity contribution in [2.24, 2.45) is 0 Å². The Balaban J connectivity index is 2.43. The SMILES string of the molecule is COc1ccccc1C1(C)CC(=O)OC(=O)C1. The Morgan fingerprint density at radius 2 is 1.76 bits per heavy atom. The summed E-state index contributed by atoms with van der Waals surface area (Å²) in [6.07, 6.45) is 0.387. The molecule has 0 N–H and O–H groups in total. The molecule has 17 heavy (non-hydrogen) atoms. The Kier molecular flexibility index (Phi) is 2.88. The number of hydrogen-bond acceptors (Lipinski definition) is 4. The Morgan fingerprint density at radius 3 is 2.35 bits per heavy atom. The van der Waals surface area contributed by atoms with Gasteiger partial charge in [0.05, 0.1) is 20.0 Å². The monoisotopic (exact) mass is 234 g/mol. The number of benzene rings is 1. The van der Waals surface area contributed by atoms with Gasteiger partial charge in [-0.2, -0.15) is 0 Å². The molecule has 1 saturated heterocycles. The molecule has 0 bridgehead atoms. The van der Waals surface area contributed by atoms with Gasteiger partial charge in [0.1, 0.15) is 5.75 Å². The third-order valence-corrected chi connectivity index (χ3v) is 3.05. The molecule has 0 aliphatic carbocycles. The highest BCUT2D eigenvalue weighted by atomic mass is 16.6. The van der Waals surface area contributed by atoms with Crippen LogP contribution in [0, 0.1) is 0 Å². The van der Waals surface area contributed by atoms with Crippen molar-refractivity contribution in [3.05, 3.63) is 29.8 Å². The molecule has 1 aromatic carbocycles. The average Bonchev–Trinajstić information content (AvgIpc) is 2.27. The second-order valence-corrected chi connectivity index (χ2v) is 4.46. The second-order valence-electron chi connectivity index (χ2n) is 4.46. The number of para-hydroxylation sites is 1.